The molecule has 1 heterocycles. The van der Waals surface area contributed by atoms with E-state index < -0.39 is 0 Å². The Hall–Kier alpha value is -0.610. The monoisotopic (exact) mass is 271 g/mol. The molecule has 3 unspecified atom stereocenters. The van der Waals surface area contributed by atoms with Crippen LogP contribution >= 0.6 is 11.8 Å². The fourth-order valence-corrected chi connectivity index (χ4v) is 3.65. The minimum atomic E-state index is -0.307. The molecule has 0 aromatic heterocycles. The van der Waals surface area contributed by atoms with Crippen molar-refractivity contribution in [2.75, 3.05) is 6.54 Å². The summed E-state index contributed by atoms with van der Waals surface area (Å²) in [6.07, 6.45) is 0.983. The topological polar surface area (TPSA) is 12.0 Å². The van der Waals surface area contributed by atoms with Gasteiger partial charge in [0.15, 0.2) is 0 Å². The number of hydrogen-bond acceptors (Lipinski definition) is 2. The van der Waals surface area contributed by atoms with Crippen molar-refractivity contribution in [3.8, 4) is 0 Å². The van der Waals surface area contributed by atoms with Gasteiger partial charge in [-0.05, 0) is 31.0 Å². The van der Waals surface area contributed by atoms with E-state index in [1.54, 1.807) is 0 Å². The van der Waals surface area contributed by atoms with Crippen LogP contribution < -0.4 is 5.32 Å². The van der Waals surface area contributed by atoms with Crippen LogP contribution in [0.5, 0.6) is 0 Å². The zero-order valence-electron chi connectivity index (χ0n) is 11.0. The predicted octanol–water partition coefficient (Wildman–Crippen LogP) is 4.14. The first kappa shape index (κ1) is 13.8. The summed E-state index contributed by atoms with van der Waals surface area (Å²) in [5, 5.41) is 3.64. The van der Waals surface area contributed by atoms with Crippen LogP contribution in [0.2, 0.25) is 0 Å². The van der Waals surface area contributed by atoms with Gasteiger partial charge in [0.25, 0.3) is 0 Å². The van der Waals surface area contributed by atoms with Crippen LogP contribution in [0.3, 0.4) is 0 Å². The van der Waals surface area contributed by atoms with Gasteiger partial charge >= 0.3 is 0 Å². The summed E-state index contributed by atoms with van der Waals surface area (Å²) in [6, 6.07) is 2.37. The van der Waals surface area contributed by atoms with E-state index in [0.29, 0.717) is 10.5 Å². The summed E-state index contributed by atoms with van der Waals surface area (Å²) in [4.78, 5) is 0.481. The van der Waals surface area contributed by atoms with Crippen LogP contribution in [-0.2, 0) is 0 Å². The van der Waals surface area contributed by atoms with Gasteiger partial charge in [0.05, 0.1) is 4.90 Å². The summed E-state index contributed by atoms with van der Waals surface area (Å²) in [5.74, 6) is -0.324. The lowest BCUT2D eigenvalue weighted by atomic mass is 9.90. The van der Waals surface area contributed by atoms with Crippen LogP contribution in [0.15, 0.2) is 17.0 Å². The Morgan fingerprint density at radius 3 is 2.56 bits per heavy atom. The van der Waals surface area contributed by atoms with Crippen LogP contribution in [0, 0.1) is 17.6 Å². The number of benzene rings is 1. The normalized spacial score (nSPS) is 27.1. The molecule has 0 fully saturated rings. The van der Waals surface area contributed by atoms with Crippen molar-refractivity contribution in [2.24, 2.45) is 5.92 Å². The average Bonchev–Trinajstić information content (AvgIpc) is 2.35. The summed E-state index contributed by atoms with van der Waals surface area (Å²) >= 11 is 1.44. The van der Waals surface area contributed by atoms with Crippen molar-refractivity contribution in [1.82, 2.24) is 5.32 Å². The fraction of sp³-hybridized carbons (Fsp3) is 0.571. The lowest BCUT2D eigenvalue weighted by molar-refractivity contribution is 0.355. The lowest BCUT2D eigenvalue weighted by Gasteiger charge is -2.36. The Labute approximate surface area is 111 Å². The van der Waals surface area contributed by atoms with Crippen molar-refractivity contribution >= 4 is 11.8 Å². The predicted molar refractivity (Wildman–Crippen MR) is 71.9 cm³/mol. The Morgan fingerprint density at radius 1 is 1.22 bits per heavy atom. The Morgan fingerprint density at radius 2 is 1.89 bits per heavy atom. The van der Waals surface area contributed by atoms with E-state index in [1.807, 2.05) is 0 Å². The molecule has 1 N–H and O–H groups in total. The second-order valence-electron chi connectivity index (χ2n) is 4.89. The SMILES string of the molecule is CCCNC1c2c(F)ccc(F)c2SC(C)C1C. The molecule has 0 radical (unpaired) electrons. The van der Waals surface area contributed by atoms with Gasteiger partial charge in [0.2, 0.25) is 0 Å². The first-order valence-corrected chi connectivity index (χ1v) is 7.32. The second-order valence-corrected chi connectivity index (χ2v) is 6.27. The van der Waals surface area contributed by atoms with Gasteiger partial charge in [-0.3, -0.25) is 0 Å². The molecule has 0 bridgehead atoms. The molecule has 1 aliphatic heterocycles. The highest BCUT2D eigenvalue weighted by Gasteiger charge is 2.35. The number of thioether (sulfide) groups is 1. The summed E-state index contributed by atoms with van der Waals surface area (Å²) < 4.78 is 27.8. The zero-order chi connectivity index (χ0) is 13.3. The van der Waals surface area contributed by atoms with Gasteiger partial charge in [-0.15, -0.1) is 11.8 Å². The zero-order valence-corrected chi connectivity index (χ0v) is 11.8. The average molecular weight is 271 g/mol. The maximum atomic E-state index is 14.0. The molecule has 4 heteroatoms. The summed E-state index contributed by atoms with van der Waals surface area (Å²) in [7, 11) is 0. The van der Waals surface area contributed by atoms with Gasteiger partial charge < -0.3 is 5.32 Å². The molecule has 1 nitrogen and oxygen atoms in total. The standard InChI is InChI=1S/C14H19F2NS/c1-4-7-17-13-8(2)9(3)18-14-11(16)6-5-10(15)12(13)14/h5-6,8-9,13,17H,4,7H2,1-3H3. The van der Waals surface area contributed by atoms with Crippen molar-refractivity contribution in [1.29, 1.82) is 0 Å². The molecule has 0 spiro atoms. The van der Waals surface area contributed by atoms with Crippen LogP contribution in [0.1, 0.15) is 38.8 Å². The Kier molecular flexibility index (Phi) is 4.28. The Bertz CT molecular complexity index is 436. The van der Waals surface area contributed by atoms with Crippen molar-refractivity contribution in [3.63, 3.8) is 0 Å². The quantitative estimate of drug-likeness (QED) is 0.887. The number of halogens is 2. The van der Waals surface area contributed by atoms with Crippen molar-refractivity contribution in [2.45, 2.75) is 43.4 Å². The molecule has 1 aromatic rings. The highest BCUT2D eigenvalue weighted by atomic mass is 32.2. The van der Waals surface area contributed by atoms with E-state index in [-0.39, 0.29) is 28.8 Å². The molecule has 1 aromatic carbocycles. The van der Waals surface area contributed by atoms with Gasteiger partial charge in [-0.2, -0.15) is 0 Å². The molecule has 3 atom stereocenters. The first-order chi connectivity index (χ1) is 8.56. The molecule has 18 heavy (non-hydrogen) atoms. The smallest absolute Gasteiger partial charge is 0.137 e. The van der Waals surface area contributed by atoms with Crippen molar-refractivity contribution < 1.29 is 8.78 Å². The maximum absolute atomic E-state index is 14.0. The minimum absolute atomic E-state index is 0.0908. The highest BCUT2D eigenvalue weighted by molar-refractivity contribution is 8.00. The molecule has 0 saturated carbocycles. The van der Waals surface area contributed by atoms with Gasteiger partial charge in [-0.25, -0.2) is 8.78 Å². The molecular formula is C14H19F2NS. The molecule has 1 aliphatic rings. The molecule has 2 rings (SSSR count). The van der Waals surface area contributed by atoms with Crippen LogP contribution in [0.25, 0.3) is 0 Å². The van der Waals surface area contributed by atoms with E-state index in [9.17, 15) is 8.78 Å². The summed E-state index contributed by atoms with van der Waals surface area (Å²) in [5.41, 5.74) is 0.513. The maximum Gasteiger partial charge on any atom is 0.137 e. The fourth-order valence-electron chi connectivity index (χ4n) is 2.37. The van der Waals surface area contributed by atoms with E-state index in [2.05, 4.69) is 26.1 Å². The van der Waals surface area contributed by atoms with E-state index in [0.717, 1.165) is 13.0 Å². The second kappa shape index (κ2) is 5.57. The lowest BCUT2D eigenvalue weighted by Crippen LogP contribution is -2.36. The highest BCUT2D eigenvalue weighted by Crippen LogP contribution is 2.46. The first-order valence-electron chi connectivity index (χ1n) is 6.44. The molecule has 0 aliphatic carbocycles. The third-order valence-electron chi connectivity index (χ3n) is 3.59. The third kappa shape index (κ3) is 2.41. The number of hydrogen-bond donors (Lipinski definition) is 1. The molecule has 0 saturated heterocycles. The van der Waals surface area contributed by atoms with Crippen molar-refractivity contribution in [3.05, 3.63) is 29.3 Å². The Balaban J connectivity index is 2.44. The summed E-state index contributed by atoms with van der Waals surface area (Å²) in [6.45, 7) is 7.06. The van der Waals surface area contributed by atoms with Gasteiger partial charge in [0, 0.05) is 16.9 Å². The van der Waals surface area contributed by atoms with E-state index >= 15 is 0 Å². The third-order valence-corrected chi connectivity index (χ3v) is 5.04. The molecular weight excluding hydrogens is 252 g/mol. The minimum Gasteiger partial charge on any atom is -0.310 e. The van der Waals surface area contributed by atoms with Gasteiger partial charge in [-0.1, -0.05) is 20.8 Å². The number of rotatable bonds is 3. The largest absolute Gasteiger partial charge is 0.310 e. The number of nitrogens with one attached hydrogen (secondary N) is 1. The van der Waals surface area contributed by atoms with E-state index in [4.69, 9.17) is 0 Å². The number of fused-ring (bicyclic) bond motifs is 1. The van der Waals surface area contributed by atoms with Crippen LogP contribution in [-0.4, -0.2) is 11.8 Å². The van der Waals surface area contributed by atoms with Gasteiger partial charge in [0.1, 0.15) is 11.6 Å². The molecule has 0 amide bonds. The van der Waals surface area contributed by atoms with E-state index in [1.165, 1.54) is 23.9 Å². The van der Waals surface area contributed by atoms with Crippen LogP contribution in [0.4, 0.5) is 8.78 Å². The molecule has 100 valence electrons.